The topological polar surface area (TPSA) is 70.5 Å². The molecular weight excluding hydrogens is 507 g/mol. The molecule has 1 atom stereocenters. The first kappa shape index (κ1) is 27.3. The van der Waals surface area contributed by atoms with E-state index in [0.29, 0.717) is 46.5 Å². The van der Waals surface area contributed by atoms with Gasteiger partial charge in [0.2, 0.25) is 0 Å². The molecule has 1 aliphatic rings. The van der Waals surface area contributed by atoms with E-state index in [4.69, 9.17) is 19.2 Å². The lowest BCUT2D eigenvalue weighted by atomic mass is 9.91. The molecule has 1 fully saturated rings. The molecular formula is C33H33FN2O4. The van der Waals surface area contributed by atoms with Gasteiger partial charge >= 0.3 is 5.97 Å². The number of rotatable bonds is 10. The minimum atomic E-state index is -0.404. The molecule has 0 N–H and O–H groups in total. The van der Waals surface area contributed by atoms with Gasteiger partial charge in [-0.25, -0.2) is 9.37 Å². The summed E-state index contributed by atoms with van der Waals surface area (Å²) < 4.78 is 31.4. The zero-order valence-corrected chi connectivity index (χ0v) is 23.2. The van der Waals surface area contributed by atoms with Crippen molar-refractivity contribution in [3.63, 3.8) is 0 Å². The lowest BCUT2D eigenvalue weighted by Gasteiger charge is -2.17. The first-order valence-electron chi connectivity index (χ1n) is 13.4. The maximum absolute atomic E-state index is 15.0. The molecule has 4 aromatic rings. The van der Waals surface area contributed by atoms with Gasteiger partial charge in [0, 0.05) is 11.1 Å². The number of benzene rings is 3. The number of nitrogens with zero attached hydrogens (tertiary/aromatic N) is 2. The highest BCUT2D eigenvalue weighted by Gasteiger charge is 2.34. The summed E-state index contributed by atoms with van der Waals surface area (Å²) >= 11 is 0. The van der Waals surface area contributed by atoms with Crippen LogP contribution in [-0.2, 0) is 16.1 Å². The first-order valence-corrected chi connectivity index (χ1v) is 13.4. The van der Waals surface area contributed by atoms with Crippen LogP contribution in [0.3, 0.4) is 0 Å². The quantitative estimate of drug-likeness (QED) is 0.198. The normalized spacial score (nSPS) is 13.5. The molecule has 0 aliphatic heterocycles. The lowest BCUT2D eigenvalue weighted by Crippen LogP contribution is -2.10. The number of carbonyl (C=O) groups excluding carboxylic acids is 1. The van der Waals surface area contributed by atoms with Gasteiger partial charge in [0.15, 0.2) is 0 Å². The van der Waals surface area contributed by atoms with Crippen LogP contribution in [0.15, 0.2) is 66.9 Å². The molecule has 40 heavy (non-hydrogen) atoms. The third kappa shape index (κ3) is 6.30. The number of carbonyl (C=O) groups is 1. The van der Waals surface area contributed by atoms with Crippen molar-refractivity contribution in [3.8, 4) is 34.0 Å². The molecule has 1 saturated carbocycles. The van der Waals surface area contributed by atoms with Crippen molar-refractivity contribution >= 4 is 5.97 Å². The molecule has 7 heteroatoms. The highest BCUT2D eigenvalue weighted by molar-refractivity contribution is 5.79. The second-order valence-corrected chi connectivity index (χ2v) is 10.4. The second-order valence-electron chi connectivity index (χ2n) is 10.4. The SMILES string of the molecule is COC(=O)CC(c1cccc(OCc2cnc(-c3cc(OC)ccc3F)c(-c3cc(C)cc(C)c3)n2)c1)C1CC1. The predicted molar refractivity (Wildman–Crippen MR) is 152 cm³/mol. The Morgan fingerprint density at radius 3 is 2.45 bits per heavy atom. The van der Waals surface area contributed by atoms with E-state index in [1.165, 1.54) is 13.2 Å². The number of esters is 1. The number of hydrogen-bond donors (Lipinski definition) is 0. The number of aromatic nitrogens is 2. The Hall–Kier alpha value is -4.26. The van der Waals surface area contributed by atoms with Crippen molar-refractivity contribution in [2.75, 3.05) is 14.2 Å². The van der Waals surface area contributed by atoms with Gasteiger partial charge in [-0.1, -0.05) is 29.3 Å². The Balaban J connectivity index is 1.45. The monoisotopic (exact) mass is 540 g/mol. The average molecular weight is 541 g/mol. The summed E-state index contributed by atoms with van der Waals surface area (Å²) in [6, 6.07) is 18.6. The van der Waals surface area contributed by atoms with Gasteiger partial charge in [-0.2, -0.15) is 0 Å². The van der Waals surface area contributed by atoms with Crippen LogP contribution in [-0.4, -0.2) is 30.2 Å². The largest absolute Gasteiger partial charge is 0.497 e. The van der Waals surface area contributed by atoms with Crippen molar-refractivity contribution < 1.29 is 23.4 Å². The zero-order chi connectivity index (χ0) is 28.2. The van der Waals surface area contributed by atoms with Gasteiger partial charge in [-0.3, -0.25) is 9.78 Å². The van der Waals surface area contributed by atoms with E-state index in [2.05, 4.69) is 11.1 Å². The van der Waals surface area contributed by atoms with Crippen molar-refractivity contribution in [2.45, 2.75) is 45.6 Å². The molecule has 0 radical (unpaired) electrons. The number of hydrogen-bond acceptors (Lipinski definition) is 6. The van der Waals surface area contributed by atoms with Crippen molar-refractivity contribution in [1.82, 2.24) is 9.97 Å². The van der Waals surface area contributed by atoms with E-state index < -0.39 is 5.82 Å². The summed E-state index contributed by atoms with van der Waals surface area (Å²) in [4.78, 5) is 21.6. The fraction of sp³-hybridized carbons (Fsp3) is 0.303. The Labute approximate surface area is 234 Å². The van der Waals surface area contributed by atoms with Crippen LogP contribution in [0.1, 0.15) is 47.6 Å². The number of ether oxygens (including phenoxy) is 3. The van der Waals surface area contributed by atoms with Crippen LogP contribution in [0.4, 0.5) is 4.39 Å². The smallest absolute Gasteiger partial charge is 0.306 e. The maximum Gasteiger partial charge on any atom is 0.306 e. The summed E-state index contributed by atoms with van der Waals surface area (Å²) in [6.07, 6.45) is 4.21. The standard InChI is InChI=1S/C33H33FN2O4/c1-20-12-21(2)14-24(13-20)32-33(29-16-26(38-3)10-11-30(29)34)35-18-25(36-32)19-40-27-7-5-6-23(15-27)28(22-8-9-22)17-31(37)39-4/h5-7,10-16,18,22,28H,8-9,17,19H2,1-4H3. The molecule has 0 bridgehead atoms. The number of aryl methyl sites for hydroxylation is 2. The Morgan fingerprint density at radius 1 is 0.975 bits per heavy atom. The van der Waals surface area contributed by atoms with Crippen molar-refractivity contribution in [2.24, 2.45) is 5.92 Å². The van der Waals surface area contributed by atoms with Gasteiger partial charge < -0.3 is 14.2 Å². The van der Waals surface area contributed by atoms with E-state index in [9.17, 15) is 4.79 Å². The summed E-state index contributed by atoms with van der Waals surface area (Å²) in [5.41, 5.74) is 5.99. The molecule has 0 saturated heterocycles. The molecule has 206 valence electrons. The van der Waals surface area contributed by atoms with Crippen LogP contribution < -0.4 is 9.47 Å². The van der Waals surface area contributed by atoms with Gasteiger partial charge in [-0.05, 0) is 86.6 Å². The Kier molecular flexibility index (Phi) is 8.10. The van der Waals surface area contributed by atoms with Crippen molar-refractivity contribution in [1.29, 1.82) is 0 Å². The van der Waals surface area contributed by atoms with Crippen LogP contribution >= 0.6 is 0 Å². The Bertz CT molecular complexity index is 1510. The average Bonchev–Trinajstić information content (AvgIpc) is 3.80. The molecule has 1 heterocycles. The van der Waals surface area contributed by atoms with Gasteiger partial charge in [-0.15, -0.1) is 0 Å². The summed E-state index contributed by atoms with van der Waals surface area (Å²) in [6.45, 7) is 4.22. The van der Waals surface area contributed by atoms with Gasteiger partial charge in [0.05, 0.1) is 43.9 Å². The van der Waals surface area contributed by atoms with E-state index in [0.717, 1.165) is 35.1 Å². The predicted octanol–water partition coefficient (Wildman–Crippen LogP) is 7.21. The second kappa shape index (κ2) is 11.9. The van der Waals surface area contributed by atoms with Crippen molar-refractivity contribution in [3.05, 3.63) is 95.1 Å². The van der Waals surface area contributed by atoms with Gasteiger partial charge in [0.1, 0.15) is 23.9 Å². The summed E-state index contributed by atoms with van der Waals surface area (Å²) in [7, 11) is 2.97. The molecule has 0 spiro atoms. The van der Waals surface area contributed by atoms with E-state index >= 15 is 4.39 Å². The third-order valence-electron chi connectivity index (χ3n) is 7.22. The number of methoxy groups -OCH3 is 2. The fourth-order valence-electron chi connectivity index (χ4n) is 5.13. The third-order valence-corrected chi connectivity index (χ3v) is 7.22. The molecule has 1 aliphatic carbocycles. The van der Waals surface area contributed by atoms with E-state index in [-0.39, 0.29) is 18.5 Å². The summed E-state index contributed by atoms with van der Waals surface area (Å²) in [5, 5.41) is 0. The molecule has 6 nitrogen and oxygen atoms in total. The number of halogens is 1. The molecule has 5 rings (SSSR count). The first-order chi connectivity index (χ1) is 19.3. The van der Waals surface area contributed by atoms with E-state index in [1.807, 2.05) is 50.2 Å². The fourth-order valence-corrected chi connectivity index (χ4v) is 5.13. The van der Waals surface area contributed by atoms with Crippen LogP contribution in [0.25, 0.3) is 22.5 Å². The van der Waals surface area contributed by atoms with Crippen LogP contribution in [0.5, 0.6) is 11.5 Å². The highest BCUT2D eigenvalue weighted by atomic mass is 19.1. The maximum atomic E-state index is 15.0. The van der Waals surface area contributed by atoms with E-state index in [1.54, 1.807) is 25.4 Å². The lowest BCUT2D eigenvalue weighted by molar-refractivity contribution is -0.141. The molecule has 3 aromatic carbocycles. The Morgan fingerprint density at radius 2 is 1.75 bits per heavy atom. The van der Waals surface area contributed by atoms with Crippen LogP contribution in [0.2, 0.25) is 0 Å². The summed E-state index contributed by atoms with van der Waals surface area (Å²) in [5.74, 6) is 1.22. The molecule has 1 aromatic heterocycles. The highest BCUT2D eigenvalue weighted by Crippen LogP contribution is 2.45. The minimum Gasteiger partial charge on any atom is -0.497 e. The van der Waals surface area contributed by atoms with Gasteiger partial charge in [0.25, 0.3) is 0 Å². The molecule has 0 amide bonds. The van der Waals surface area contributed by atoms with Crippen LogP contribution in [0, 0.1) is 25.6 Å². The minimum absolute atomic E-state index is 0.115. The zero-order valence-electron chi connectivity index (χ0n) is 23.2. The molecule has 1 unspecified atom stereocenters.